The summed E-state index contributed by atoms with van der Waals surface area (Å²) in [5.41, 5.74) is 0. The molecule has 394 valence electrons. The largest absolute Gasteiger partial charge is 0.466 e. The molecule has 2 unspecified atom stereocenters. The molecule has 0 bridgehead atoms. The van der Waals surface area contributed by atoms with Crippen molar-refractivity contribution < 1.29 is 24.5 Å². The van der Waals surface area contributed by atoms with Crippen LogP contribution >= 0.6 is 0 Å². The van der Waals surface area contributed by atoms with Crippen LogP contribution in [-0.2, 0) is 14.3 Å². The Labute approximate surface area is 413 Å². The van der Waals surface area contributed by atoms with Gasteiger partial charge >= 0.3 is 5.97 Å². The van der Waals surface area contributed by atoms with Crippen LogP contribution in [0.5, 0.6) is 0 Å². The van der Waals surface area contributed by atoms with Gasteiger partial charge in [0.15, 0.2) is 0 Å². The number of carbonyl (C=O) groups is 2. The lowest BCUT2D eigenvalue weighted by molar-refractivity contribution is -0.143. The lowest BCUT2D eigenvalue weighted by atomic mass is 10.0. The van der Waals surface area contributed by atoms with Crippen molar-refractivity contribution in [1.29, 1.82) is 0 Å². The van der Waals surface area contributed by atoms with Gasteiger partial charge in [-0.3, -0.25) is 9.59 Å². The maximum atomic E-state index is 12.4. The third-order valence-corrected chi connectivity index (χ3v) is 14.4. The van der Waals surface area contributed by atoms with Gasteiger partial charge in [0.1, 0.15) is 0 Å². The zero-order valence-electron chi connectivity index (χ0n) is 45.0. The predicted octanol–water partition coefficient (Wildman–Crippen LogP) is 18.7. The van der Waals surface area contributed by atoms with E-state index in [0.717, 1.165) is 38.5 Å². The molecular formula is C60H119NO5. The standard InChI is InChI=1S/C60H119NO5/c1-3-5-7-9-11-13-15-16-30-34-38-42-46-50-54-60(65)66-55-51-47-43-39-35-31-28-26-24-22-20-18-17-19-21-23-25-27-29-33-37-41-45-49-53-59(64)61-57(56-62)58(63)52-48-44-40-36-32-14-12-10-8-6-4-2/h57-58,62-63H,3-56H2,1-2H3,(H,61,64). The molecule has 0 fully saturated rings. The highest BCUT2D eigenvalue weighted by Crippen LogP contribution is 2.18. The second-order valence-corrected chi connectivity index (χ2v) is 21.1. The summed E-state index contributed by atoms with van der Waals surface area (Å²) < 4.78 is 5.49. The van der Waals surface area contributed by atoms with Crippen LogP contribution < -0.4 is 5.32 Å². The van der Waals surface area contributed by atoms with Gasteiger partial charge in [0.25, 0.3) is 0 Å². The van der Waals surface area contributed by atoms with Crippen LogP contribution in [0.2, 0.25) is 0 Å². The summed E-state index contributed by atoms with van der Waals surface area (Å²) in [5, 5.41) is 23.2. The van der Waals surface area contributed by atoms with Gasteiger partial charge in [-0.05, 0) is 25.7 Å². The molecule has 6 heteroatoms. The summed E-state index contributed by atoms with van der Waals surface area (Å²) in [4.78, 5) is 24.5. The number of rotatable bonds is 57. The van der Waals surface area contributed by atoms with Crippen LogP contribution in [-0.4, -0.2) is 47.4 Å². The number of amides is 1. The third-order valence-electron chi connectivity index (χ3n) is 14.4. The van der Waals surface area contributed by atoms with Crippen LogP contribution in [0.1, 0.15) is 348 Å². The maximum Gasteiger partial charge on any atom is 0.305 e. The number of carbonyl (C=O) groups excluding carboxylic acids is 2. The van der Waals surface area contributed by atoms with Crippen LogP contribution in [0.25, 0.3) is 0 Å². The molecule has 0 radical (unpaired) electrons. The van der Waals surface area contributed by atoms with E-state index in [-0.39, 0.29) is 18.5 Å². The average molecular weight is 935 g/mol. The lowest BCUT2D eigenvalue weighted by Gasteiger charge is -2.22. The van der Waals surface area contributed by atoms with Gasteiger partial charge in [0.2, 0.25) is 5.91 Å². The molecular weight excluding hydrogens is 815 g/mol. The summed E-state index contributed by atoms with van der Waals surface area (Å²) >= 11 is 0. The zero-order chi connectivity index (χ0) is 47.9. The Morgan fingerprint density at radius 2 is 0.621 bits per heavy atom. The van der Waals surface area contributed by atoms with Crippen molar-refractivity contribution in [2.75, 3.05) is 13.2 Å². The highest BCUT2D eigenvalue weighted by atomic mass is 16.5. The summed E-state index contributed by atoms with van der Waals surface area (Å²) in [6.07, 6.45) is 65.4. The summed E-state index contributed by atoms with van der Waals surface area (Å²) in [7, 11) is 0. The number of ether oxygens (including phenoxy) is 1. The molecule has 0 aromatic carbocycles. The average Bonchev–Trinajstić information content (AvgIpc) is 3.32. The quantitative estimate of drug-likeness (QED) is 0.0417. The minimum Gasteiger partial charge on any atom is -0.466 e. The monoisotopic (exact) mass is 934 g/mol. The van der Waals surface area contributed by atoms with Crippen molar-refractivity contribution in [3.05, 3.63) is 0 Å². The molecule has 0 aromatic rings. The van der Waals surface area contributed by atoms with Crippen molar-refractivity contribution in [1.82, 2.24) is 5.32 Å². The fourth-order valence-corrected chi connectivity index (χ4v) is 9.76. The van der Waals surface area contributed by atoms with E-state index in [9.17, 15) is 19.8 Å². The van der Waals surface area contributed by atoms with Crippen molar-refractivity contribution in [3.63, 3.8) is 0 Å². The van der Waals surface area contributed by atoms with E-state index < -0.39 is 12.1 Å². The van der Waals surface area contributed by atoms with Gasteiger partial charge < -0.3 is 20.3 Å². The normalized spacial score (nSPS) is 12.5. The summed E-state index contributed by atoms with van der Waals surface area (Å²) in [5.74, 6) is -0.0144. The molecule has 66 heavy (non-hydrogen) atoms. The van der Waals surface area contributed by atoms with Gasteiger partial charge in [-0.15, -0.1) is 0 Å². The lowest BCUT2D eigenvalue weighted by Crippen LogP contribution is -2.45. The van der Waals surface area contributed by atoms with E-state index in [1.165, 1.54) is 276 Å². The van der Waals surface area contributed by atoms with E-state index >= 15 is 0 Å². The molecule has 0 aliphatic heterocycles. The first-order chi connectivity index (χ1) is 32.5. The van der Waals surface area contributed by atoms with E-state index in [0.29, 0.717) is 25.9 Å². The van der Waals surface area contributed by atoms with Crippen molar-refractivity contribution >= 4 is 11.9 Å². The van der Waals surface area contributed by atoms with Gasteiger partial charge in [-0.25, -0.2) is 0 Å². The number of aliphatic hydroxyl groups excluding tert-OH is 2. The second-order valence-electron chi connectivity index (χ2n) is 21.1. The molecule has 0 heterocycles. The molecule has 0 aromatic heterocycles. The fourth-order valence-electron chi connectivity index (χ4n) is 9.76. The van der Waals surface area contributed by atoms with E-state index in [1.807, 2.05) is 0 Å². The number of unbranched alkanes of at least 4 members (excludes halogenated alkanes) is 46. The topological polar surface area (TPSA) is 95.9 Å². The number of nitrogens with one attached hydrogen (secondary N) is 1. The summed E-state index contributed by atoms with van der Waals surface area (Å²) in [6.45, 7) is 4.97. The molecule has 1 amide bonds. The number of esters is 1. The maximum absolute atomic E-state index is 12.4. The number of hydrogen-bond acceptors (Lipinski definition) is 5. The Morgan fingerprint density at radius 3 is 0.924 bits per heavy atom. The van der Waals surface area contributed by atoms with Crippen LogP contribution in [0, 0.1) is 0 Å². The first-order valence-electron chi connectivity index (χ1n) is 30.3. The third kappa shape index (κ3) is 52.2. The highest BCUT2D eigenvalue weighted by Gasteiger charge is 2.20. The van der Waals surface area contributed by atoms with E-state index in [4.69, 9.17) is 4.74 Å². The van der Waals surface area contributed by atoms with Crippen molar-refractivity contribution in [2.45, 2.75) is 360 Å². The number of aliphatic hydroxyl groups is 2. The Hall–Kier alpha value is -1.14. The molecule has 6 nitrogen and oxygen atoms in total. The molecule has 3 N–H and O–H groups in total. The van der Waals surface area contributed by atoms with Crippen LogP contribution in [0.3, 0.4) is 0 Å². The Bertz CT molecular complexity index is 944. The minimum absolute atomic E-state index is 0.0185. The van der Waals surface area contributed by atoms with Crippen molar-refractivity contribution in [2.24, 2.45) is 0 Å². The smallest absolute Gasteiger partial charge is 0.305 e. The van der Waals surface area contributed by atoms with Gasteiger partial charge in [-0.2, -0.15) is 0 Å². The molecule has 0 aliphatic carbocycles. The molecule has 0 aliphatic rings. The van der Waals surface area contributed by atoms with Crippen molar-refractivity contribution in [3.8, 4) is 0 Å². The second kappa shape index (κ2) is 56.4. The minimum atomic E-state index is -0.660. The Balaban J connectivity index is 3.32. The zero-order valence-corrected chi connectivity index (χ0v) is 45.0. The Morgan fingerprint density at radius 1 is 0.364 bits per heavy atom. The van der Waals surface area contributed by atoms with Gasteiger partial charge in [0, 0.05) is 12.8 Å². The van der Waals surface area contributed by atoms with Gasteiger partial charge in [-0.1, -0.05) is 309 Å². The Kier molecular flexibility index (Phi) is 55.5. The number of hydrogen-bond donors (Lipinski definition) is 3. The van der Waals surface area contributed by atoms with Crippen LogP contribution in [0.15, 0.2) is 0 Å². The molecule has 0 saturated heterocycles. The van der Waals surface area contributed by atoms with Gasteiger partial charge in [0.05, 0.1) is 25.4 Å². The molecule has 0 rings (SSSR count). The molecule has 0 saturated carbocycles. The predicted molar refractivity (Wildman–Crippen MR) is 287 cm³/mol. The first kappa shape index (κ1) is 64.9. The summed E-state index contributed by atoms with van der Waals surface area (Å²) in [6, 6.07) is -0.537. The SMILES string of the molecule is CCCCCCCCCCCCCCCCC(=O)OCCCCCCCCCCCCCCCCCCCCCCCCCCC(=O)NC(CO)C(O)CCCCCCCCCCCCC. The fraction of sp³-hybridized carbons (Fsp3) is 0.967. The van der Waals surface area contributed by atoms with E-state index in [2.05, 4.69) is 19.2 Å². The van der Waals surface area contributed by atoms with Crippen LogP contribution in [0.4, 0.5) is 0 Å². The molecule has 0 spiro atoms. The molecule has 2 atom stereocenters. The highest BCUT2D eigenvalue weighted by molar-refractivity contribution is 5.76. The van der Waals surface area contributed by atoms with E-state index in [1.54, 1.807) is 0 Å². The first-order valence-corrected chi connectivity index (χ1v) is 30.3.